The van der Waals surface area contributed by atoms with Crippen LogP contribution in [0.4, 0.5) is 0 Å². The lowest BCUT2D eigenvalue weighted by Crippen LogP contribution is -2.21. The number of benzene rings is 1. The van der Waals surface area contributed by atoms with E-state index in [4.69, 9.17) is 14.2 Å². The van der Waals surface area contributed by atoms with E-state index in [1.165, 1.54) is 4.88 Å². The summed E-state index contributed by atoms with van der Waals surface area (Å²) in [7, 11) is 5.03. The van der Waals surface area contributed by atoms with E-state index in [-0.39, 0.29) is 6.04 Å². The summed E-state index contributed by atoms with van der Waals surface area (Å²) >= 11 is 1.67. The highest BCUT2D eigenvalue weighted by atomic mass is 32.1. The predicted octanol–water partition coefficient (Wildman–Crippen LogP) is 3.47. The largest absolute Gasteiger partial charge is 0.497 e. The first kappa shape index (κ1) is 15.7. The lowest BCUT2D eigenvalue weighted by Gasteiger charge is -2.20. The van der Waals surface area contributed by atoms with Crippen LogP contribution in [0.1, 0.15) is 23.4 Å². The Hall–Kier alpha value is -1.72. The van der Waals surface area contributed by atoms with Crippen LogP contribution in [0.5, 0.6) is 17.2 Å². The number of nitrogens with one attached hydrogen (secondary N) is 1. The van der Waals surface area contributed by atoms with E-state index in [0.717, 1.165) is 29.4 Å². The molecule has 0 saturated carbocycles. The van der Waals surface area contributed by atoms with Crippen molar-refractivity contribution in [1.82, 2.24) is 5.32 Å². The first-order valence-corrected chi connectivity index (χ1v) is 7.69. The number of hydrogen-bond acceptors (Lipinski definition) is 5. The van der Waals surface area contributed by atoms with Gasteiger partial charge in [0.2, 0.25) is 0 Å². The Morgan fingerprint density at radius 1 is 1.05 bits per heavy atom. The third-order valence-electron chi connectivity index (χ3n) is 3.27. The minimum atomic E-state index is 0.0500. The molecule has 4 nitrogen and oxygen atoms in total. The lowest BCUT2D eigenvalue weighted by molar-refractivity contribution is 0.394. The molecule has 5 heteroatoms. The Labute approximate surface area is 129 Å². The minimum Gasteiger partial charge on any atom is -0.497 e. The van der Waals surface area contributed by atoms with Crippen LogP contribution in [-0.2, 0) is 0 Å². The van der Waals surface area contributed by atoms with E-state index < -0.39 is 0 Å². The van der Waals surface area contributed by atoms with Crippen LogP contribution in [0.15, 0.2) is 29.6 Å². The number of methoxy groups -OCH3 is 3. The molecule has 2 aromatic rings. The van der Waals surface area contributed by atoms with Gasteiger partial charge in [-0.3, -0.25) is 0 Å². The maximum Gasteiger partial charge on any atom is 0.129 e. The summed E-state index contributed by atoms with van der Waals surface area (Å²) in [5.74, 6) is 2.53. The molecule has 1 unspecified atom stereocenters. The van der Waals surface area contributed by atoms with Gasteiger partial charge < -0.3 is 19.5 Å². The van der Waals surface area contributed by atoms with Crippen LogP contribution in [-0.4, -0.2) is 27.9 Å². The number of hydrogen-bond donors (Lipinski definition) is 1. The van der Waals surface area contributed by atoms with Crippen LogP contribution in [0, 0.1) is 0 Å². The molecule has 0 fully saturated rings. The SMILES string of the molecule is CCNC(c1cc(OC)cs1)c1cc(OC)ccc1OC. The molecule has 0 aliphatic heterocycles. The van der Waals surface area contributed by atoms with E-state index in [2.05, 4.69) is 18.3 Å². The Morgan fingerprint density at radius 3 is 2.38 bits per heavy atom. The highest BCUT2D eigenvalue weighted by molar-refractivity contribution is 7.10. The fourth-order valence-corrected chi connectivity index (χ4v) is 3.17. The van der Waals surface area contributed by atoms with Crippen LogP contribution >= 0.6 is 11.3 Å². The smallest absolute Gasteiger partial charge is 0.129 e. The van der Waals surface area contributed by atoms with E-state index in [1.807, 2.05) is 23.6 Å². The van der Waals surface area contributed by atoms with Crippen LogP contribution in [0.25, 0.3) is 0 Å². The van der Waals surface area contributed by atoms with Gasteiger partial charge in [0.1, 0.15) is 17.2 Å². The molecule has 21 heavy (non-hydrogen) atoms. The third-order valence-corrected chi connectivity index (χ3v) is 4.25. The molecule has 0 spiro atoms. The van der Waals surface area contributed by atoms with Gasteiger partial charge in [-0.25, -0.2) is 0 Å². The van der Waals surface area contributed by atoms with Crippen molar-refractivity contribution < 1.29 is 14.2 Å². The number of rotatable bonds is 7. The first-order chi connectivity index (χ1) is 10.2. The molecule has 0 amide bonds. The molecular weight excluding hydrogens is 286 g/mol. The molecule has 1 atom stereocenters. The van der Waals surface area contributed by atoms with Gasteiger partial charge in [0.25, 0.3) is 0 Å². The molecule has 0 aliphatic carbocycles. The van der Waals surface area contributed by atoms with Crippen molar-refractivity contribution in [3.05, 3.63) is 40.1 Å². The molecule has 1 N–H and O–H groups in total. The molecule has 0 radical (unpaired) electrons. The van der Waals surface area contributed by atoms with E-state index in [1.54, 1.807) is 32.7 Å². The average molecular weight is 307 g/mol. The molecule has 2 rings (SSSR count). The molecule has 1 aromatic carbocycles. The van der Waals surface area contributed by atoms with E-state index in [9.17, 15) is 0 Å². The second-order valence-electron chi connectivity index (χ2n) is 4.49. The Morgan fingerprint density at radius 2 is 1.81 bits per heavy atom. The minimum absolute atomic E-state index is 0.0500. The second kappa shape index (κ2) is 7.33. The Bertz CT molecular complexity index is 583. The Kier molecular flexibility index (Phi) is 5.47. The van der Waals surface area contributed by atoms with Crippen LogP contribution in [0.2, 0.25) is 0 Å². The maximum absolute atomic E-state index is 5.50. The zero-order chi connectivity index (χ0) is 15.2. The van der Waals surface area contributed by atoms with Gasteiger partial charge in [-0.05, 0) is 30.8 Å². The summed E-state index contributed by atoms with van der Waals surface area (Å²) in [5.41, 5.74) is 1.06. The fraction of sp³-hybridized carbons (Fsp3) is 0.375. The van der Waals surface area contributed by atoms with Gasteiger partial charge in [0.15, 0.2) is 0 Å². The van der Waals surface area contributed by atoms with Gasteiger partial charge >= 0.3 is 0 Å². The van der Waals surface area contributed by atoms with Gasteiger partial charge in [-0.1, -0.05) is 6.92 Å². The summed E-state index contributed by atoms with van der Waals surface area (Å²) in [6.07, 6.45) is 0. The maximum atomic E-state index is 5.50. The van der Waals surface area contributed by atoms with Crippen LogP contribution < -0.4 is 19.5 Å². The predicted molar refractivity (Wildman–Crippen MR) is 85.9 cm³/mol. The standard InChI is InChI=1S/C16H21NO3S/c1-5-17-16(15-9-12(19-3)10-21-15)13-8-11(18-2)6-7-14(13)20-4/h6-10,16-17H,5H2,1-4H3. The molecule has 0 saturated heterocycles. The fourth-order valence-electron chi connectivity index (χ4n) is 2.23. The van der Waals surface area contributed by atoms with Crippen molar-refractivity contribution in [2.45, 2.75) is 13.0 Å². The molecule has 1 aromatic heterocycles. The van der Waals surface area contributed by atoms with Crippen molar-refractivity contribution >= 4 is 11.3 Å². The number of ether oxygens (including phenoxy) is 3. The molecule has 0 aliphatic rings. The lowest BCUT2D eigenvalue weighted by atomic mass is 10.0. The van der Waals surface area contributed by atoms with Crippen molar-refractivity contribution in [2.75, 3.05) is 27.9 Å². The average Bonchev–Trinajstić information content (AvgIpc) is 3.00. The Balaban J connectivity index is 2.45. The van der Waals surface area contributed by atoms with Gasteiger partial charge in [-0.15, -0.1) is 11.3 Å². The highest BCUT2D eigenvalue weighted by Crippen LogP contribution is 2.37. The summed E-state index contributed by atoms with van der Waals surface area (Å²) < 4.78 is 16.1. The summed E-state index contributed by atoms with van der Waals surface area (Å²) in [6, 6.07) is 7.95. The van der Waals surface area contributed by atoms with E-state index >= 15 is 0 Å². The molecule has 0 bridgehead atoms. The van der Waals surface area contributed by atoms with Crippen molar-refractivity contribution in [3.63, 3.8) is 0 Å². The van der Waals surface area contributed by atoms with Gasteiger partial charge in [0.05, 0.1) is 27.4 Å². The van der Waals surface area contributed by atoms with Crippen molar-refractivity contribution in [3.8, 4) is 17.2 Å². The summed E-state index contributed by atoms with van der Waals surface area (Å²) in [4.78, 5) is 1.18. The molecule has 1 heterocycles. The second-order valence-corrected chi connectivity index (χ2v) is 5.43. The van der Waals surface area contributed by atoms with Gasteiger partial charge in [-0.2, -0.15) is 0 Å². The van der Waals surface area contributed by atoms with Gasteiger partial charge in [0, 0.05) is 15.8 Å². The van der Waals surface area contributed by atoms with Crippen molar-refractivity contribution in [2.24, 2.45) is 0 Å². The van der Waals surface area contributed by atoms with Crippen molar-refractivity contribution in [1.29, 1.82) is 0 Å². The molecule has 114 valence electrons. The van der Waals surface area contributed by atoms with E-state index in [0.29, 0.717) is 0 Å². The quantitative estimate of drug-likeness (QED) is 0.850. The first-order valence-electron chi connectivity index (χ1n) is 6.81. The molecular formula is C16H21NO3S. The normalized spacial score (nSPS) is 12.0. The zero-order valence-electron chi connectivity index (χ0n) is 12.8. The van der Waals surface area contributed by atoms with Crippen LogP contribution in [0.3, 0.4) is 0 Å². The zero-order valence-corrected chi connectivity index (χ0v) is 13.6. The monoisotopic (exact) mass is 307 g/mol. The number of thiophene rings is 1. The third kappa shape index (κ3) is 3.49. The summed E-state index contributed by atoms with van der Waals surface area (Å²) in [6.45, 7) is 2.94. The summed E-state index contributed by atoms with van der Waals surface area (Å²) in [5, 5.41) is 5.50. The topological polar surface area (TPSA) is 39.7 Å². The highest BCUT2D eigenvalue weighted by Gasteiger charge is 2.20.